The highest BCUT2D eigenvalue weighted by Crippen LogP contribution is 2.01. The molecule has 0 saturated carbocycles. The SMILES string of the molecule is COC(Cc1ccccn1)OC. The zero-order valence-corrected chi connectivity index (χ0v) is 7.36. The minimum atomic E-state index is -0.195. The van der Waals surface area contributed by atoms with E-state index in [1.807, 2.05) is 18.2 Å². The number of rotatable bonds is 4. The molecule has 0 saturated heterocycles. The van der Waals surface area contributed by atoms with Gasteiger partial charge in [-0.3, -0.25) is 4.98 Å². The summed E-state index contributed by atoms with van der Waals surface area (Å²) in [6, 6.07) is 5.79. The summed E-state index contributed by atoms with van der Waals surface area (Å²) in [4.78, 5) is 4.15. The van der Waals surface area contributed by atoms with E-state index in [4.69, 9.17) is 9.47 Å². The Morgan fingerprint density at radius 2 is 2.08 bits per heavy atom. The number of hydrogen-bond donors (Lipinski definition) is 0. The molecule has 1 aromatic heterocycles. The van der Waals surface area contributed by atoms with Crippen LogP contribution in [0.5, 0.6) is 0 Å². The average Bonchev–Trinajstić information content (AvgIpc) is 2.16. The summed E-state index contributed by atoms with van der Waals surface area (Å²) in [6.45, 7) is 0. The van der Waals surface area contributed by atoms with Crippen molar-refractivity contribution in [1.82, 2.24) is 4.98 Å². The Morgan fingerprint density at radius 1 is 1.33 bits per heavy atom. The third-order valence-corrected chi connectivity index (χ3v) is 1.63. The van der Waals surface area contributed by atoms with Crippen LogP contribution < -0.4 is 0 Å². The Bertz CT molecular complexity index is 209. The van der Waals surface area contributed by atoms with Crippen molar-refractivity contribution in [3.8, 4) is 0 Å². The molecule has 0 radical (unpaired) electrons. The maximum atomic E-state index is 5.04. The molecule has 0 N–H and O–H groups in total. The van der Waals surface area contributed by atoms with Crippen LogP contribution in [0.3, 0.4) is 0 Å². The second-order valence-corrected chi connectivity index (χ2v) is 2.43. The zero-order valence-electron chi connectivity index (χ0n) is 7.36. The van der Waals surface area contributed by atoms with Crippen LogP contribution in [-0.2, 0) is 15.9 Å². The summed E-state index contributed by atoms with van der Waals surface area (Å²) < 4.78 is 10.1. The minimum Gasteiger partial charge on any atom is -0.356 e. The van der Waals surface area contributed by atoms with Gasteiger partial charge < -0.3 is 9.47 Å². The van der Waals surface area contributed by atoms with E-state index in [0.29, 0.717) is 6.42 Å². The van der Waals surface area contributed by atoms with Crippen molar-refractivity contribution >= 4 is 0 Å². The van der Waals surface area contributed by atoms with Gasteiger partial charge in [0.1, 0.15) is 0 Å². The molecule has 0 unspecified atom stereocenters. The summed E-state index contributed by atoms with van der Waals surface area (Å²) in [6.07, 6.45) is 2.26. The van der Waals surface area contributed by atoms with Crippen molar-refractivity contribution in [1.29, 1.82) is 0 Å². The van der Waals surface area contributed by atoms with Crippen LogP contribution in [0.2, 0.25) is 0 Å². The van der Waals surface area contributed by atoms with Crippen LogP contribution in [-0.4, -0.2) is 25.5 Å². The first-order chi connectivity index (χ1) is 5.86. The molecule has 1 aromatic rings. The highest BCUT2D eigenvalue weighted by molar-refractivity contribution is 5.03. The molecule has 0 amide bonds. The molecule has 0 fully saturated rings. The maximum absolute atomic E-state index is 5.04. The number of hydrogen-bond acceptors (Lipinski definition) is 3. The van der Waals surface area contributed by atoms with Gasteiger partial charge in [-0.2, -0.15) is 0 Å². The lowest BCUT2D eigenvalue weighted by molar-refractivity contribution is -0.101. The van der Waals surface area contributed by atoms with Crippen molar-refractivity contribution in [3.05, 3.63) is 30.1 Å². The summed E-state index contributed by atoms with van der Waals surface area (Å²) >= 11 is 0. The Labute approximate surface area is 72.3 Å². The molecular weight excluding hydrogens is 154 g/mol. The van der Waals surface area contributed by atoms with Crippen molar-refractivity contribution in [2.24, 2.45) is 0 Å². The van der Waals surface area contributed by atoms with Gasteiger partial charge in [-0.15, -0.1) is 0 Å². The quantitative estimate of drug-likeness (QED) is 0.632. The fraction of sp³-hybridized carbons (Fsp3) is 0.444. The van der Waals surface area contributed by atoms with Gasteiger partial charge in [-0.05, 0) is 12.1 Å². The van der Waals surface area contributed by atoms with Gasteiger partial charge in [0.2, 0.25) is 0 Å². The first kappa shape index (κ1) is 9.16. The minimum absolute atomic E-state index is 0.195. The van der Waals surface area contributed by atoms with E-state index in [1.54, 1.807) is 20.4 Å². The van der Waals surface area contributed by atoms with Crippen LogP contribution >= 0.6 is 0 Å². The van der Waals surface area contributed by atoms with Crippen LogP contribution in [0, 0.1) is 0 Å². The molecule has 0 aromatic carbocycles. The van der Waals surface area contributed by atoms with Gasteiger partial charge >= 0.3 is 0 Å². The van der Waals surface area contributed by atoms with E-state index >= 15 is 0 Å². The summed E-state index contributed by atoms with van der Waals surface area (Å²) in [5.74, 6) is 0. The van der Waals surface area contributed by atoms with Gasteiger partial charge in [0.05, 0.1) is 0 Å². The second kappa shape index (κ2) is 4.85. The molecule has 0 aliphatic rings. The van der Waals surface area contributed by atoms with E-state index in [9.17, 15) is 0 Å². The zero-order chi connectivity index (χ0) is 8.81. The molecule has 0 spiro atoms. The highest BCUT2D eigenvalue weighted by atomic mass is 16.7. The van der Waals surface area contributed by atoms with Crippen molar-refractivity contribution in [3.63, 3.8) is 0 Å². The lowest BCUT2D eigenvalue weighted by atomic mass is 10.3. The molecule has 0 atom stereocenters. The molecule has 3 nitrogen and oxygen atoms in total. The maximum Gasteiger partial charge on any atom is 0.162 e. The highest BCUT2D eigenvalue weighted by Gasteiger charge is 2.05. The van der Waals surface area contributed by atoms with Gasteiger partial charge in [-0.1, -0.05) is 6.07 Å². The predicted molar refractivity (Wildman–Crippen MR) is 45.7 cm³/mol. The van der Waals surface area contributed by atoms with E-state index in [-0.39, 0.29) is 6.29 Å². The fourth-order valence-electron chi connectivity index (χ4n) is 0.953. The second-order valence-electron chi connectivity index (χ2n) is 2.43. The van der Waals surface area contributed by atoms with Gasteiger partial charge in [-0.25, -0.2) is 0 Å². The molecule has 1 rings (SSSR count). The van der Waals surface area contributed by atoms with E-state index < -0.39 is 0 Å². The van der Waals surface area contributed by atoms with Crippen molar-refractivity contribution in [2.45, 2.75) is 12.7 Å². The van der Waals surface area contributed by atoms with Gasteiger partial charge in [0.25, 0.3) is 0 Å². The predicted octanol–water partition coefficient (Wildman–Crippen LogP) is 1.24. The Hall–Kier alpha value is -0.930. The van der Waals surface area contributed by atoms with Gasteiger partial charge in [0.15, 0.2) is 6.29 Å². The first-order valence-electron chi connectivity index (χ1n) is 3.82. The number of nitrogens with zero attached hydrogens (tertiary/aromatic N) is 1. The molecular formula is C9H13NO2. The van der Waals surface area contributed by atoms with Crippen molar-refractivity contribution < 1.29 is 9.47 Å². The van der Waals surface area contributed by atoms with E-state index in [1.165, 1.54) is 0 Å². The first-order valence-corrected chi connectivity index (χ1v) is 3.82. The molecule has 0 aliphatic heterocycles. The van der Waals surface area contributed by atoms with E-state index in [2.05, 4.69) is 4.98 Å². The number of methoxy groups -OCH3 is 2. The van der Waals surface area contributed by atoms with Crippen molar-refractivity contribution in [2.75, 3.05) is 14.2 Å². The fourth-order valence-corrected chi connectivity index (χ4v) is 0.953. The van der Waals surface area contributed by atoms with Crippen LogP contribution in [0.4, 0.5) is 0 Å². The van der Waals surface area contributed by atoms with E-state index in [0.717, 1.165) is 5.69 Å². The number of pyridine rings is 1. The Morgan fingerprint density at radius 3 is 2.58 bits per heavy atom. The average molecular weight is 167 g/mol. The molecule has 0 bridgehead atoms. The monoisotopic (exact) mass is 167 g/mol. The molecule has 12 heavy (non-hydrogen) atoms. The van der Waals surface area contributed by atoms with Crippen LogP contribution in [0.25, 0.3) is 0 Å². The number of ether oxygens (including phenoxy) is 2. The lowest BCUT2D eigenvalue weighted by Crippen LogP contribution is -2.16. The normalized spacial score (nSPS) is 10.6. The summed E-state index contributed by atoms with van der Waals surface area (Å²) in [5, 5.41) is 0. The third-order valence-electron chi connectivity index (χ3n) is 1.63. The lowest BCUT2D eigenvalue weighted by Gasteiger charge is -2.11. The van der Waals surface area contributed by atoms with Crippen LogP contribution in [0.1, 0.15) is 5.69 Å². The Balaban J connectivity index is 2.51. The Kier molecular flexibility index (Phi) is 3.70. The summed E-state index contributed by atoms with van der Waals surface area (Å²) in [7, 11) is 3.24. The number of aromatic nitrogens is 1. The molecule has 1 heterocycles. The summed E-state index contributed by atoms with van der Waals surface area (Å²) in [5.41, 5.74) is 0.978. The topological polar surface area (TPSA) is 31.4 Å². The molecule has 0 aliphatic carbocycles. The standard InChI is InChI=1S/C9H13NO2/c1-11-9(12-2)7-8-5-3-4-6-10-8/h3-6,9H,7H2,1-2H3. The molecule has 66 valence electrons. The largest absolute Gasteiger partial charge is 0.356 e. The molecule has 3 heteroatoms. The smallest absolute Gasteiger partial charge is 0.162 e. The van der Waals surface area contributed by atoms with Gasteiger partial charge in [0, 0.05) is 32.5 Å². The van der Waals surface area contributed by atoms with Crippen LogP contribution in [0.15, 0.2) is 24.4 Å². The third kappa shape index (κ3) is 2.60.